The van der Waals surface area contributed by atoms with E-state index in [1.54, 1.807) is 26.0 Å². The van der Waals surface area contributed by atoms with Crippen molar-refractivity contribution in [3.8, 4) is 5.69 Å². The maximum atomic E-state index is 13.7. The molecular formula is C26H32FN5O2S. The first-order valence-electron chi connectivity index (χ1n) is 12.0. The van der Waals surface area contributed by atoms with Gasteiger partial charge in [0.15, 0.2) is 22.5 Å². The van der Waals surface area contributed by atoms with E-state index in [0.717, 1.165) is 37.4 Å². The fourth-order valence-corrected chi connectivity index (χ4v) is 5.80. The molecule has 0 amide bonds. The maximum Gasteiger partial charge on any atom is 0.196 e. The van der Waals surface area contributed by atoms with Crippen LogP contribution in [0.15, 0.2) is 29.4 Å². The zero-order valence-corrected chi connectivity index (χ0v) is 21.7. The van der Waals surface area contributed by atoms with Gasteiger partial charge in [-0.1, -0.05) is 18.2 Å². The molecule has 9 heteroatoms. The molecule has 2 atom stereocenters. The number of likely N-dealkylation sites (tertiary alicyclic amines) is 1. The van der Waals surface area contributed by atoms with Gasteiger partial charge in [-0.15, -0.1) is 10.2 Å². The number of aromatic amines is 1. The quantitative estimate of drug-likeness (QED) is 0.328. The summed E-state index contributed by atoms with van der Waals surface area (Å²) in [7, 11) is 0. The van der Waals surface area contributed by atoms with Crippen molar-refractivity contribution in [2.75, 3.05) is 13.1 Å². The molecule has 1 aliphatic rings. The Morgan fingerprint density at radius 3 is 2.31 bits per heavy atom. The number of aryl methyl sites for hydroxylation is 1. The largest absolute Gasteiger partial charge is 0.355 e. The number of halogens is 1. The van der Waals surface area contributed by atoms with E-state index in [2.05, 4.69) is 27.0 Å². The fourth-order valence-electron chi connectivity index (χ4n) is 4.87. The van der Waals surface area contributed by atoms with Crippen LogP contribution >= 0.6 is 11.8 Å². The summed E-state index contributed by atoms with van der Waals surface area (Å²) in [6.45, 7) is 11.0. The Bertz CT molecular complexity index is 1230. The molecule has 0 radical (unpaired) electrons. The highest BCUT2D eigenvalue weighted by molar-refractivity contribution is 8.00. The van der Waals surface area contributed by atoms with Gasteiger partial charge in [-0.25, -0.2) is 4.39 Å². The lowest BCUT2D eigenvalue weighted by molar-refractivity contribution is 0.0988. The van der Waals surface area contributed by atoms with Crippen LogP contribution in [0.3, 0.4) is 0 Å². The Labute approximate surface area is 209 Å². The summed E-state index contributed by atoms with van der Waals surface area (Å²) in [5.74, 6) is 0.279. The van der Waals surface area contributed by atoms with Crippen LogP contribution < -0.4 is 0 Å². The molecule has 1 saturated heterocycles. The lowest BCUT2D eigenvalue weighted by Crippen LogP contribution is -2.33. The van der Waals surface area contributed by atoms with Crippen molar-refractivity contribution in [3.63, 3.8) is 0 Å². The number of Topliss-reactive ketones (excluding diaryl/α,β-unsaturated/α-hetero) is 2. The first-order chi connectivity index (χ1) is 16.7. The fraction of sp³-hybridized carbons (Fsp3) is 0.462. The number of hydrogen-bond acceptors (Lipinski definition) is 6. The van der Waals surface area contributed by atoms with Crippen LogP contribution in [0.1, 0.15) is 84.0 Å². The third-order valence-corrected chi connectivity index (χ3v) is 7.79. The Morgan fingerprint density at radius 2 is 1.71 bits per heavy atom. The van der Waals surface area contributed by atoms with Crippen molar-refractivity contribution in [1.82, 2.24) is 24.6 Å². The van der Waals surface area contributed by atoms with E-state index in [-0.39, 0.29) is 23.4 Å². The molecule has 1 aliphatic heterocycles. The van der Waals surface area contributed by atoms with Crippen LogP contribution in [0.25, 0.3) is 5.69 Å². The minimum Gasteiger partial charge on any atom is -0.355 e. The SMILES string of the molecule is CC(=O)c1c(C)[nH]c(C(=O)[C@H](C)Sc2nnc([C@@H](C)N3CCCCC3)n2-c2ccc(F)cc2)c1C. The van der Waals surface area contributed by atoms with Crippen LogP contribution in [0.5, 0.6) is 0 Å². The van der Waals surface area contributed by atoms with Gasteiger partial charge in [0.1, 0.15) is 5.82 Å². The van der Waals surface area contributed by atoms with E-state index >= 15 is 0 Å². The van der Waals surface area contributed by atoms with Crippen molar-refractivity contribution in [3.05, 3.63) is 58.4 Å². The molecule has 3 heterocycles. The molecule has 0 saturated carbocycles. The Kier molecular flexibility index (Phi) is 7.56. The molecule has 4 rings (SSSR count). The molecule has 3 aromatic rings. The number of benzene rings is 1. The zero-order valence-electron chi connectivity index (χ0n) is 20.9. The number of hydrogen-bond donors (Lipinski definition) is 1. The van der Waals surface area contributed by atoms with Crippen molar-refractivity contribution < 1.29 is 14.0 Å². The topological polar surface area (TPSA) is 83.9 Å². The van der Waals surface area contributed by atoms with Gasteiger partial charge in [0, 0.05) is 16.9 Å². The van der Waals surface area contributed by atoms with Gasteiger partial charge in [0.2, 0.25) is 0 Å². The van der Waals surface area contributed by atoms with E-state index < -0.39 is 5.25 Å². The predicted molar refractivity (Wildman–Crippen MR) is 135 cm³/mol. The van der Waals surface area contributed by atoms with Crippen molar-refractivity contribution in [1.29, 1.82) is 0 Å². The third-order valence-electron chi connectivity index (χ3n) is 6.74. The summed E-state index contributed by atoms with van der Waals surface area (Å²) in [5, 5.41) is 9.08. The van der Waals surface area contributed by atoms with Crippen LogP contribution in [0.4, 0.5) is 4.39 Å². The molecule has 1 aromatic carbocycles. The van der Waals surface area contributed by atoms with Crippen LogP contribution in [0.2, 0.25) is 0 Å². The highest BCUT2D eigenvalue weighted by atomic mass is 32.2. The van der Waals surface area contributed by atoms with Crippen LogP contribution in [-0.2, 0) is 0 Å². The van der Waals surface area contributed by atoms with Gasteiger partial charge in [0.25, 0.3) is 0 Å². The normalized spacial score (nSPS) is 16.3. The van der Waals surface area contributed by atoms with Gasteiger partial charge in [-0.3, -0.25) is 19.1 Å². The molecule has 2 aromatic heterocycles. The van der Waals surface area contributed by atoms with Crippen LogP contribution in [-0.4, -0.2) is 54.6 Å². The predicted octanol–water partition coefficient (Wildman–Crippen LogP) is 5.46. The number of H-pyrrole nitrogens is 1. The monoisotopic (exact) mass is 497 g/mol. The summed E-state index contributed by atoms with van der Waals surface area (Å²) in [4.78, 5) is 30.9. The molecule has 186 valence electrons. The van der Waals surface area contributed by atoms with E-state index in [9.17, 15) is 14.0 Å². The average Bonchev–Trinajstić information content (AvgIpc) is 3.39. The highest BCUT2D eigenvalue weighted by Gasteiger charge is 2.29. The summed E-state index contributed by atoms with van der Waals surface area (Å²) in [6, 6.07) is 6.28. The van der Waals surface area contributed by atoms with E-state index in [1.807, 2.05) is 11.5 Å². The smallest absolute Gasteiger partial charge is 0.196 e. The van der Waals surface area contributed by atoms with Crippen molar-refractivity contribution in [2.45, 2.75) is 70.3 Å². The second-order valence-corrected chi connectivity index (χ2v) is 10.5. The second kappa shape index (κ2) is 10.5. The lowest BCUT2D eigenvalue weighted by atomic mass is 10.0. The van der Waals surface area contributed by atoms with Gasteiger partial charge in [-0.05, 0) is 90.4 Å². The number of carbonyl (C=O) groups is 2. The highest BCUT2D eigenvalue weighted by Crippen LogP contribution is 2.32. The number of carbonyl (C=O) groups excluding carboxylic acids is 2. The summed E-state index contributed by atoms with van der Waals surface area (Å²) >= 11 is 1.31. The summed E-state index contributed by atoms with van der Waals surface area (Å²) in [5.41, 5.74) is 3.14. The second-order valence-electron chi connectivity index (χ2n) is 9.23. The Balaban J connectivity index is 1.67. The minimum absolute atomic E-state index is 0.0274. The molecule has 0 spiro atoms. The number of rotatable bonds is 8. The molecule has 7 nitrogen and oxygen atoms in total. The summed E-state index contributed by atoms with van der Waals surface area (Å²) < 4.78 is 15.6. The molecule has 0 aliphatic carbocycles. The van der Waals surface area contributed by atoms with Crippen molar-refractivity contribution in [2.24, 2.45) is 0 Å². The maximum absolute atomic E-state index is 13.7. The number of thioether (sulfide) groups is 1. The van der Waals surface area contributed by atoms with E-state index in [4.69, 9.17) is 0 Å². The molecule has 0 unspecified atom stereocenters. The minimum atomic E-state index is -0.479. The first kappa shape index (κ1) is 25.3. The number of aromatic nitrogens is 4. The Morgan fingerprint density at radius 1 is 1.06 bits per heavy atom. The number of piperidine rings is 1. The van der Waals surface area contributed by atoms with Crippen LogP contribution in [0, 0.1) is 19.7 Å². The molecule has 1 fully saturated rings. The first-order valence-corrected chi connectivity index (χ1v) is 12.9. The average molecular weight is 498 g/mol. The van der Waals surface area contributed by atoms with Crippen molar-refractivity contribution >= 4 is 23.3 Å². The number of nitrogens with zero attached hydrogens (tertiary/aromatic N) is 4. The zero-order chi connectivity index (χ0) is 25.3. The lowest BCUT2D eigenvalue weighted by Gasteiger charge is -2.32. The third kappa shape index (κ3) is 5.11. The number of ketones is 2. The molecule has 35 heavy (non-hydrogen) atoms. The Hall–Kier alpha value is -2.78. The van der Waals surface area contributed by atoms with Gasteiger partial charge >= 0.3 is 0 Å². The molecular weight excluding hydrogens is 465 g/mol. The standard InChI is InChI=1S/C26H32FN5O2S/c1-15-22(18(4)33)16(2)28-23(15)24(34)19(5)35-26-30-29-25(17(3)31-13-7-6-8-14-31)32(26)21-11-9-20(27)10-12-21/h9-12,17,19,28H,6-8,13-14H2,1-5H3/t17-,19+/m1/s1. The number of nitrogens with one attached hydrogen (secondary N) is 1. The van der Waals surface area contributed by atoms with Gasteiger partial charge in [0.05, 0.1) is 17.0 Å². The molecule has 0 bridgehead atoms. The van der Waals surface area contributed by atoms with E-state index in [1.165, 1.54) is 37.2 Å². The van der Waals surface area contributed by atoms with Gasteiger partial charge in [-0.2, -0.15) is 0 Å². The van der Waals surface area contributed by atoms with Gasteiger partial charge < -0.3 is 4.98 Å². The molecule has 1 N–H and O–H groups in total. The van der Waals surface area contributed by atoms with E-state index in [0.29, 0.717) is 27.7 Å². The summed E-state index contributed by atoms with van der Waals surface area (Å²) in [6.07, 6.45) is 3.54.